The Morgan fingerprint density at radius 1 is 0.970 bits per heavy atom. The molecule has 1 aromatic heterocycles. The maximum Gasteiger partial charge on any atom is 0.255 e. The summed E-state index contributed by atoms with van der Waals surface area (Å²) < 4.78 is 28.6. The van der Waals surface area contributed by atoms with Gasteiger partial charge in [0.15, 0.2) is 0 Å². The van der Waals surface area contributed by atoms with Gasteiger partial charge >= 0.3 is 0 Å². The van der Waals surface area contributed by atoms with Crippen LogP contribution in [0.25, 0.3) is 0 Å². The minimum atomic E-state index is -3.95. The van der Waals surface area contributed by atoms with Gasteiger partial charge in [-0.15, -0.1) is 0 Å². The second-order valence-electron chi connectivity index (χ2n) is 8.06. The van der Waals surface area contributed by atoms with Crippen LogP contribution in [-0.2, 0) is 21.4 Å². The monoisotopic (exact) mass is 464 g/mol. The van der Waals surface area contributed by atoms with E-state index in [0.29, 0.717) is 11.1 Å². The van der Waals surface area contributed by atoms with Gasteiger partial charge < -0.3 is 0 Å². The summed E-state index contributed by atoms with van der Waals surface area (Å²) in [6.45, 7) is 7.14. The smallest absolute Gasteiger partial charge is 0.255 e. The summed E-state index contributed by atoms with van der Waals surface area (Å²) in [4.78, 5) is 16.8. The Kier molecular flexibility index (Phi) is 7.73. The molecule has 3 rings (SSSR count). The molecule has 0 aliphatic rings. The van der Waals surface area contributed by atoms with Crippen LogP contribution in [0.3, 0.4) is 0 Å². The Balaban J connectivity index is 1.88. The van der Waals surface area contributed by atoms with Crippen molar-refractivity contribution in [3.05, 3.63) is 94.3 Å². The average molecular weight is 465 g/mol. The number of rotatable bonds is 8. The highest BCUT2D eigenvalue weighted by Crippen LogP contribution is 2.26. The van der Waals surface area contributed by atoms with Crippen LogP contribution in [0.4, 0.5) is 0 Å². The van der Waals surface area contributed by atoms with E-state index in [-0.39, 0.29) is 18.0 Å². The lowest BCUT2D eigenvalue weighted by molar-refractivity contribution is -0.121. The van der Waals surface area contributed by atoms with Gasteiger partial charge in [-0.05, 0) is 62.1 Å². The first-order valence-electron chi connectivity index (χ1n) is 10.5. The number of benzene rings is 2. The van der Waals surface area contributed by atoms with Gasteiger partial charge in [-0.3, -0.25) is 9.78 Å². The van der Waals surface area contributed by atoms with E-state index in [1.54, 1.807) is 38.4 Å². The molecular formula is C25H28N4O3S. The number of carbonyl (C=O) groups is 1. The van der Waals surface area contributed by atoms with Crippen LogP contribution in [0.15, 0.2) is 70.9 Å². The number of aryl methyl sites for hydroxylation is 4. The fraction of sp³-hybridized carbons (Fsp3) is 0.240. The molecule has 1 heterocycles. The zero-order valence-corrected chi connectivity index (χ0v) is 20.1. The van der Waals surface area contributed by atoms with Crippen LogP contribution in [0, 0.1) is 27.7 Å². The molecule has 0 bridgehead atoms. The van der Waals surface area contributed by atoms with Gasteiger partial charge in [0, 0.05) is 18.9 Å². The fourth-order valence-corrected chi connectivity index (χ4v) is 5.45. The lowest BCUT2D eigenvalue weighted by atomic mass is 10.1. The van der Waals surface area contributed by atoms with Crippen molar-refractivity contribution < 1.29 is 13.2 Å². The molecule has 0 saturated heterocycles. The summed E-state index contributed by atoms with van der Waals surface area (Å²) in [6.07, 6.45) is 4.71. The maximum absolute atomic E-state index is 13.7. The van der Waals surface area contributed by atoms with Gasteiger partial charge in [0.05, 0.1) is 17.7 Å². The van der Waals surface area contributed by atoms with Gasteiger partial charge in [-0.25, -0.2) is 13.8 Å². The number of pyridine rings is 1. The number of nitrogens with one attached hydrogen (secondary N) is 1. The minimum Gasteiger partial charge on any atom is -0.272 e. The van der Waals surface area contributed by atoms with E-state index in [2.05, 4.69) is 15.5 Å². The van der Waals surface area contributed by atoms with Crippen LogP contribution >= 0.6 is 0 Å². The van der Waals surface area contributed by atoms with E-state index in [1.165, 1.54) is 10.5 Å². The van der Waals surface area contributed by atoms with E-state index in [9.17, 15) is 13.2 Å². The van der Waals surface area contributed by atoms with E-state index in [4.69, 9.17) is 0 Å². The quantitative estimate of drug-likeness (QED) is 0.407. The standard InChI is InChI=1S/C25H28N4O3S/c1-18-5-7-23(8-6-18)16-29(17-24(30)28-27-15-22-9-11-26-12-10-22)33(31,32)25-20(3)13-19(2)14-21(25)4/h5-15H,16-17H2,1-4H3,(H,28,30). The van der Waals surface area contributed by atoms with Crippen LogP contribution < -0.4 is 5.43 Å². The topological polar surface area (TPSA) is 91.7 Å². The third-order valence-electron chi connectivity index (χ3n) is 5.11. The molecule has 0 atom stereocenters. The molecule has 0 radical (unpaired) electrons. The van der Waals surface area contributed by atoms with Crippen molar-refractivity contribution >= 4 is 22.1 Å². The van der Waals surface area contributed by atoms with Crippen molar-refractivity contribution in [1.82, 2.24) is 14.7 Å². The second-order valence-corrected chi connectivity index (χ2v) is 9.94. The first-order valence-corrected chi connectivity index (χ1v) is 12.0. The zero-order valence-electron chi connectivity index (χ0n) is 19.2. The third kappa shape index (κ3) is 6.34. The van der Waals surface area contributed by atoms with Crippen LogP contribution in [0.1, 0.15) is 33.4 Å². The summed E-state index contributed by atoms with van der Waals surface area (Å²) in [6, 6.07) is 14.7. The maximum atomic E-state index is 13.7. The third-order valence-corrected chi connectivity index (χ3v) is 7.21. The number of amides is 1. The predicted octanol–water partition coefficient (Wildman–Crippen LogP) is 3.66. The SMILES string of the molecule is Cc1ccc(CN(CC(=O)NN=Cc2ccncc2)S(=O)(=O)c2c(C)cc(C)cc2C)cc1. The molecule has 1 amide bonds. The molecule has 8 heteroatoms. The van der Waals surface area contributed by atoms with Crippen molar-refractivity contribution in [2.75, 3.05) is 6.54 Å². The first-order chi connectivity index (χ1) is 15.7. The highest BCUT2D eigenvalue weighted by Gasteiger charge is 2.30. The van der Waals surface area contributed by atoms with Crippen molar-refractivity contribution in [3.63, 3.8) is 0 Å². The van der Waals surface area contributed by atoms with Gasteiger partial charge in [-0.2, -0.15) is 9.41 Å². The molecule has 7 nitrogen and oxygen atoms in total. The van der Waals surface area contributed by atoms with E-state index >= 15 is 0 Å². The molecular weight excluding hydrogens is 436 g/mol. The molecule has 1 N–H and O–H groups in total. The molecule has 3 aromatic rings. The minimum absolute atomic E-state index is 0.0663. The number of carbonyl (C=O) groups excluding carboxylic acids is 1. The van der Waals surface area contributed by atoms with E-state index < -0.39 is 15.9 Å². The Morgan fingerprint density at radius 2 is 1.58 bits per heavy atom. The summed E-state index contributed by atoms with van der Waals surface area (Å²) >= 11 is 0. The van der Waals surface area contributed by atoms with Crippen LogP contribution in [0.5, 0.6) is 0 Å². The first kappa shape index (κ1) is 24.3. The molecule has 0 fully saturated rings. The highest BCUT2D eigenvalue weighted by molar-refractivity contribution is 7.89. The van der Waals surface area contributed by atoms with Gasteiger partial charge in [0.2, 0.25) is 10.0 Å². The second kappa shape index (κ2) is 10.5. The Labute approximate surface area is 195 Å². The number of nitrogens with zero attached hydrogens (tertiary/aromatic N) is 3. The largest absolute Gasteiger partial charge is 0.272 e. The number of aromatic nitrogens is 1. The van der Waals surface area contributed by atoms with Crippen molar-refractivity contribution in [1.29, 1.82) is 0 Å². The van der Waals surface area contributed by atoms with Crippen molar-refractivity contribution in [3.8, 4) is 0 Å². The summed E-state index contributed by atoms with van der Waals surface area (Å²) in [5, 5.41) is 3.94. The molecule has 0 unspecified atom stereocenters. The predicted molar refractivity (Wildman–Crippen MR) is 129 cm³/mol. The van der Waals surface area contributed by atoms with Crippen LogP contribution in [-0.4, -0.2) is 36.4 Å². The van der Waals surface area contributed by atoms with E-state index in [0.717, 1.165) is 22.3 Å². The number of hydrogen-bond donors (Lipinski definition) is 1. The number of hydrogen-bond acceptors (Lipinski definition) is 5. The van der Waals surface area contributed by atoms with Gasteiger partial charge in [-0.1, -0.05) is 47.5 Å². The van der Waals surface area contributed by atoms with Crippen molar-refractivity contribution in [2.24, 2.45) is 5.10 Å². The van der Waals surface area contributed by atoms with E-state index in [1.807, 2.05) is 50.2 Å². The molecule has 172 valence electrons. The summed E-state index contributed by atoms with van der Waals surface area (Å²) in [5.74, 6) is -0.529. The van der Waals surface area contributed by atoms with Gasteiger partial charge in [0.1, 0.15) is 0 Å². The van der Waals surface area contributed by atoms with Crippen LogP contribution in [0.2, 0.25) is 0 Å². The lowest BCUT2D eigenvalue weighted by Gasteiger charge is -2.24. The number of hydrazone groups is 1. The fourth-order valence-electron chi connectivity index (χ4n) is 3.65. The molecule has 2 aromatic carbocycles. The molecule has 0 aliphatic heterocycles. The Morgan fingerprint density at radius 3 is 2.18 bits per heavy atom. The molecule has 33 heavy (non-hydrogen) atoms. The summed E-state index contributed by atoms with van der Waals surface area (Å²) in [5.41, 5.74) is 7.33. The normalized spacial score (nSPS) is 11.8. The molecule has 0 spiro atoms. The zero-order chi connectivity index (χ0) is 24.0. The highest BCUT2D eigenvalue weighted by atomic mass is 32.2. The molecule has 0 aliphatic carbocycles. The van der Waals surface area contributed by atoms with Crippen molar-refractivity contribution in [2.45, 2.75) is 39.1 Å². The van der Waals surface area contributed by atoms with Gasteiger partial charge in [0.25, 0.3) is 5.91 Å². The Bertz CT molecular complexity index is 1230. The Hall–Kier alpha value is -3.36. The summed E-state index contributed by atoms with van der Waals surface area (Å²) in [7, 11) is -3.95. The number of sulfonamides is 1. The molecule has 0 saturated carbocycles. The lowest BCUT2D eigenvalue weighted by Crippen LogP contribution is -2.39. The average Bonchev–Trinajstić information content (AvgIpc) is 2.74.